The highest BCUT2D eigenvalue weighted by atomic mass is 32.1. The predicted molar refractivity (Wildman–Crippen MR) is 90.7 cm³/mol. The molecule has 0 fully saturated rings. The van der Waals surface area contributed by atoms with Crippen molar-refractivity contribution in [2.45, 2.75) is 13.5 Å². The quantitative estimate of drug-likeness (QED) is 0.547. The molecule has 2 heterocycles. The summed E-state index contributed by atoms with van der Waals surface area (Å²) in [5.41, 5.74) is 4.52. The molecule has 124 valence electrons. The van der Waals surface area contributed by atoms with Crippen molar-refractivity contribution >= 4 is 18.2 Å². The van der Waals surface area contributed by atoms with E-state index in [2.05, 4.69) is 20.4 Å². The first-order valence-corrected chi connectivity index (χ1v) is 7.64. The van der Waals surface area contributed by atoms with Gasteiger partial charge in [0.15, 0.2) is 0 Å². The van der Waals surface area contributed by atoms with E-state index >= 15 is 0 Å². The van der Waals surface area contributed by atoms with Crippen LogP contribution in [0.3, 0.4) is 0 Å². The van der Waals surface area contributed by atoms with Crippen molar-refractivity contribution < 1.29 is 13.9 Å². The summed E-state index contributed by atoms with van der Waals surface area (Å²) >= 11 is 5.13. The van der Waals surface area contributed by atoms with Gasteiger partial charge in [0, 0.05) is 5.56 Å². The van der Waals surface area contributed by atoms with Gasteiger partial charge in [0.1, 0.15) is 17.3 Å². The normalized spacial score (nSPS) is 10.6. The molecule has 1 aromatic carbocycles. The van der Waals surface area contributed by atoms with Gasteiger partial charge in [0.2, 0.25) is 4.77 Å². The van der Waals surface area contributed by atoms with E-state index in [1.165, 1.54) is 7.11 Å². The molecular formula is C16H16N4O3S. The van der Waals surface area contributed by atoms with Crippen LogP contribution in [0.25, 0.3) is 11.3 Å². The maximum absolute atomic E-state index is 11.4. The molecule has 0 saturated carbocycles. The number of ether oxygens (including phenoxy) is 1. The number of benzene rings is 1. The molecule has 0 radical (unpaired) electrons. The second kappa shape index (κ2) is 6.71. The number of nitrogens with one attached hydrogen (secondary N) is 2. The van der Waals surface area contributed by atoms with Crippen LogP contribution in [0.2, 0.25) is 0 Å². The van der Waals surface area contributed by atoms with Crippen molar-refractivity contribution in [3.05, 3.63) is 58.3 Å². The smallest absolute Gasteiger partial charge is 0.337 e. The van der Waals surface area contributed by atoms with Crippen LogP contribution in [0.4, 0.5) is 0 Å². The molecule has 24 heavy (non-hydrogen) atoms. The molecule has 0 spiro atoms. The standard InChI is InChI=1S/C16H16N4O3S/c1-10-18-19-16(24)20(10)17-9-13-7-8-14(23-13)11-3-5-12(6-4-11)15(21)22-2/h3-8,17H,9H2,1-2H3,(H,19,24). The Balaban J connectivity index is 1.71. The second-order valence-electron chi connectivity index (χ2n) is 5.08. The van der Waals surface area contributed by atoms with Crippen molar-refractivity contribution in [2.75, 3.05) is 12.5 Å². The number of methoxy groups -OCH3 is 1. The van der Waals surface area contributed by atoms with Crippen molar-refractivity contribution in [3.63, 3.8) is 0 Å². The van der Waals surface area contributed by atoms with Crippen LogP contribution in [0.5, 0.6) is 0 Å². The van der Waals surface area contributed by atoms with Gasteiger partial charge in [-0.05, 0) is 43.4 Å². The second-order valence-corrected chi connectivity index (χ2v) is 5.47. The van der Waals surface area contributed by atoms with Gasteiger partial charge >= 0.3 is 5.97 Å². The van der Waals surface area contributed by atoms with E-state index in [1.807, 2.05) is 31.2 Å². The predicted octanol–water partition coefficient (Wildman–Crippen LogP) is 3.04. The number of carbonyl (C=O) groups excluding carboxylic acids is 1. The van der Waals surface area contributed by atoms with Crippen LogP contribution in [-0.4, -0.2) is 28.0 Å². The number of aromatic nitrogens is 3. The summed E-state index contributed by atoms with van der Waals surface area (Å²) in [7, 11) is 1.36. The topological polar surface area (TPSA) is 85.1 Å². The molecule has 0 aliphatic carbocycles. The molecule has 2 N–H and O–H groups in total. The first-order chi connectivity index (χ1) is 11.6. The lowest BCUT2D eigenvalue weighted by molar-refractivity contribution is 0.0600. The lowest BCUT2D eigenvalue weighted by Crippen LogP contribution is -2.15. The number of carbonyl (C=O) groups is 1. The van der Waals surface area contributed by atoms with Crippen molar-refractivity contribution in [2.24, 2.45) is 0 Å². The number of hydrogen-bond acceptors (Lipinski definition) is 6. The monoisotopic (exact) mass is 344 g/mol. The molecule has 0 aliphatic heterocycles. The summed E-state index contributed by atoms with van der Waals surface area (Å²) in [5.74, 6) is 1.85. The number of esters is 1. The van der Waals surface area contributed by atoms with Gasteiger partial charge in [-0.2, -0.15) is 5.10 Å². The first kappa shape index (κ1) is 16.0. The van der Waals surface area contributed by atoms with Gasteiger partial charge in [-0.1, -0.05) is 12.1 Å². The summed E-state index contributed by atoms with van der Waals surface area (Å²) < 4.78 is 12.7. The Bertz CT molecular complexity index is 908. The minimum Gasteiger partial charge on any atom is -0.465 e. The molecule has 3 aromatic rings. The van der Waals surface area contributed by atoms with E-state index in [4.69, 9.17) is 16.6 Å². The highest BCUT2D eigenvalue weighted by Crippen LogP contribution is 2.23. The number of furan rings is 1. The minimum atomic E-state index is -0.363. The van der Waals surface area contributed by atoms with Crippen molar-refractivity contribution in [1.82, 2.24) is 14.9 Å². The number of hydrogen-bond donors (Lipinski definition) is 2. The number of aryl methyl sites for hydroxylation is 1. The van der Waals surface area contributed by atoms with Gasteiger partial charge in [-0.25, -0.2) is 9.47 Å². The van der Waals surface area contributed by atoms with Crippen molar-refractivity contribution in [3.8, 4) is 11.3 Å². The lowest BCUT2D eigenvalue weighted by Gasteiger charge is -2.06. The molecule has 0 amide bonds. The van der Waals surface area contributed by atoms with Crippen LogP contribution in [0.15, 0.2) is 40.8 Å². The lowest BCUT2D eigenvalue weighted by atomic mass is 10.1. The Morgan fingerprint density at radius 3 is 2.71 bits per heavy atom. The molecule has 0 unspecified atom stereocenters. The molecule has 0 aliphatic rings. The molecule has 7 nitrogen and oxygen atoms in total. The molecule has 0 atom stereocenters. The van der Waals surface area contributed by atoms with Gasteiger partial charge in [0.25, 0.3) is 0 Å². The molecule has 3 rings (SSSR count). The Morgan fingerprint density at radius 1 is 1.33 bits per heavy atom. The van der Waals surface area contributed by atoms with E-state index in [1.54, 1.807) is 16.8 Å². The zero-order valence-electron chi connectivity index (χ0n) is 13.2. The van der Waals surface area contributed by atoms with Gasteiger partial charge < -0.3 is 14.6 Å². The van der Waals surface area contributed by atoms with Gasteiger partial charge in [-0.3, -0.25) is 5.10 Å². The molecular weight excluding hydrogens is 328 g/mol. The largest absolute Gasteiger partial charge is 0.465 e. The summed E-state index contributed by atoms with van der Waals surface area (Å²) in [5, 5.41) is 6.73. The number of H-pyrrole nitrogens is 1. The Hall–Kier alpha value is -2.87. The highest BCUT2D eigenvalue weighted by Gasteiger charge is 2.09. The maximum atomic E-state index is 11.4. The Labute approximate surface area is 143 Å². The van der Waals surface area contributed by atoms with Crippen LogP contribution in [-0.2, 0) is 11.3 Å². The first-order valence-electron chi connectivity index (χ1n) is 7.24. The van der Waals surface area contributed by atoms with E-state index < -0.39 is 0 Å². The molecule has 0 bridgehead atoms. The summed E-state index contributed by atoms with van der Waals surface area (Å²) in [6.45, 7) is 2.31. The van der Waals surface area contributed by atoms with Crippen LogP contribution < -0.4 is 5.43 Å². The average molecular weight is 344 g/mol. The zero-order chi connectivity index (χ0) is 17.1. The molecule has 8 heteroatoms. The summed E-state index contributed by atoms with van der Waals surface area (Å²) in [6, 6.07) is 10.8. The average Bonchev–Trinajstić information content (AvgIpc) is 3.20. The van der Waals surface area contributed by atoms with Crippen molar-refractivity contribution in [1.29, 1.82) is 0 Å². The number of nitrogens with zero attached hydrogens (tertiary/aromatic N) is 2. The number of aromatic amines is 1. The van der Waals surface area contributed by atoms with Crippen LogP contribution in [0, 0.1) is 11.7 Å². The number of rotatable bonds is 5. The van der Waals surface area contributed by atoms with Gasteiger partial charge in [-0.15, -0.1) is 0 Å². The third-order valence-corrected chi connectivity index (χ3v) is 3.78. The SMILES string of the molecule is COC(=O)c1ccc(-c2ccc(CNn3c(C)n[nH]c3=S)o2)cc1. The summed E-state index contributed by atoms with van der Waals surface area (Å²) in [6.07, 6.45) is 0. The van der Waals surface area contributed by atoms with E-state index in [-0.39, 0.29) is 5.97 Å². The van der Waals surface area contributed by atoms with Gasteiger partial charge in [0.05, 0.1) is 19.2 Å². The van der Waals surface area contributed by atoms with E-state index in [0.717, 1.165) is 22.9 Å². The molecule has 2 aromatic heterocycles. The molecule has 0 saturated heterocycles. The zero-order valence-corrected chi connectivity index (χ0v) is 14.0. The fourth-order valence-corrected chi connectivity index (χ4v) is 2.48. The summed E-state index contributed by atoms with van der Waals surface area (Å²) in [4.78, 5) is 11.4. The third kappa shape index (κ3) is 3.23. The minimum absolute atomic E-state index is 0.363. The van der Waals surface area contributed by atoms with E-state index in [9.17, 15) is 4.79 Å². The third-order valence-electron chi connectivity index (χ3n) is 3.50. The Kier molecular flexibility index (Phi) is 4.48. The van der Waals surface area contributed by atoms with Crippen LogP contribution in [0.1, 0.15) is 21.9 Å². The van der Waals surface area contributed by atoms with E-state index in [0.29, 0.717) is 16.9 Å². The highest BCUT2D eigenvalue weighted by molar-refractivity contribution is 7.71. The Morgan fingerprint density at radius 2 is 2.08 bits per heavy atom. The fourth-order valence-electron chi connectivity index (χ4n) is 2.24. The van der Waals surface area contributed by atoms with Crippen LogP contribution >= 0.6 is 12.2 Å². The maximum Gasteiger partial charge on any atom is 0.337 e. The fraction of sp³-hybridized carbons (Fsp3) is 0.188.